The zero-order valence-corrected chi connectivity index (χ0v) is 11.4. The summed E-state index contributed by atoms with van der Waals surface area (Å²) in [6.45, 7) is 8.27. The minimum atomic E-state index is -0.601. The zero-order valence-electron chi connectivity index (χ0n) is 11.4. The third-order valence-corrected chi connectivity index (χ3v) is 5.10. The molecule has 0 heterocycles. The van der Waals surface area contributed by atoms with E-state index < -0.39 is 5.60 Å². The van der Waals surface area contributed by atoms with Crippen molar-refractivity contribution in [2.24, 2.45) is 17.3 Å². The Kier molecular flexibility index (Phi) is 2.97. The molecule has 1 saturated carbocycles. The van der Waals surface area contributed by atoms with Gasteiger partial charge in [-0.15, -0.1) is 0 Å². The van der Waals surface area contributed by atoms with Crippen LogP contribution in [-0.2, 0) is 4.79 Å². The van der Waals surface area contributed by atoms with Crippen LogP contribution in [0.3, 0.4) is 0 Å². The van der Waals surface area contributed by atoms with Crippen molar-refractivity contribution >= 4 is 5.78 Å². The maximum Gasteiger partial charge on any atom is 0.155 e. The van der Waals surface area contributed by atoms with E-state index in [1.54, 1.807) is 0 Å². The fraction of sp³-hybridized carbons (Fsp3) is 0.800. The lowest BCUT2D eigenvalue weighted by molar-refractivity contribution is -0.117. The van der Waals surface area contributed by atoms with Gasteiger partial charge in [0.25, 0.3) is 0 Å². The SMILES string of the molecule is C[C@H]1CC(=O)C=C2CC[C@H](C(C)(C)O)C[C@]21C. The highest BCUT2D eigenvalue weighted by molar-refractivity contribution is 5.92. The minimum absolute atomic E-state index is 0.122. The second kappa shape index (κ2) is 3.94. The Morgan fingerprint density at radius 1 is 1.47 bits per heavy atom. The van der Waals surface area contributed by atoms with Gasteiger partial charge in [0.05, 0.1) is 5.60 Å². The molecule has 0 radical (unpaired) electrons. The Balaban J connectivity index is 2.28. The lowest BCUT2D eigenvalue weighted by Gasteiger charge is -2.49. The van der Waals surface area contributed by atoms with Crippen LogP contribution < -0.4 is 0 Å². The van der Waals surface area contributed by atoms with Gasteiger partial charge in [-0.2, -0.15) is 0 Å². The average molecular weight is 236 g/mol. The van der Waals surface area contributed by atoms with Crippen LogP contribution in [0.1, 0.15) is 53.4 Å². The van der Waals surface area contributed by atoms with Crippen molar-refractivity contribution in [1.82, 2.24) is 0 Å². The molecule has 2 heteroatoms. The van der Waals surface area contributed by atoms with E-state index >= 15 is 0 Å². The van der Waals surface area contributed by atoms with Crippen molar-refractivity contribution in [3.63, 3.8) is 0 Å². The number of ketones is 1. The molecule has 0 aromatic carbocycles. The summed E-state index contributed by atoms with van der Waals surface area (Å²) in [5.74, 6) is 1.03. The largest absolute Gasteiger partial charge is 0.390 e. The number of allylic oxidation sites excluding steroid dienone is 2. The van der Waals surface area contributed by atoms with Crippen LogP contribution in [0.5, 0.6) is 0 Å². The molecular weight excluding hydrogens is 212 g/mol. The zero-order chi connectivity index (χ0) is 12.8. The normalized spacial score (nSPS) is 38.6. The van der Waals surface area contributed by atoms with Crippen LogP contribution in [0.25, 0.3) is 0 Å². The Hall–Kier alpha value is -0.630. The topological polar surface area (TPSA) is 37.3 Å². The molecule has 0 aliphatic heterocycles. The summed E-state index contributed by atoms with van der Waals surface area (Å²) >= 11 is 0. The van der Waals surface area contributed by atoms with Crippen molar-refractivity contribution in [2.75, 3.05) is 0 Å². The predicted octanol–water partition coefficient (Wildman–Crippen LogP) is 3.10. The standard InChI is InChI=1S/C15H24O2/c1-10-7-13(16)8-11-5-6-12(14(2,3)17)9-15(10,11)4/h8,10,12,17H,5-7,9H2,1-4H3/t10-,12-,15-/m0/s1. The smallest absolute Gasteiger partial charge is 0.155 e. The number of aliphatic hydroxyl groups is 1. The summed E-state index contributed by atoms with van der Waals surface area (Å²) in [5.41, 5.74) is 0.841. The molecule has 2 nitrogen and oxygen atoms in total. The summed E-state index contributed by atoms with van der Waals surface area (Å²) in [5, 5.41) is 10.2. The molecule has 96 valence electrons. The molecule has 0 unspecified atom stereocenters. The quantitative estimate of drug-likeness (QED) is 0.759. The van der Waals surface area contributed by atoms with Gasteiger partial charge >= 0.3 is 0 Å². The first-order valence-electron chi connectivity index (χ1n) is 6.70. The van der Waals surface area contributed by atoms with E-state index in [1.165, 1.54) is 5.57 Å². The van der Waals surface area contributed by atoms with Crippen molar-refractivity contribution in [3.8, 4) is 0 Å². The van der Waals surface area contributed by atoms with Crippen molar-refractivity contribution in [2.45, 2.75) is 59.0 Å². The van der Waals surface area contributed by atoms with E-state index in [2.05, 4.69) is 13.8 Å². The lowest BCUT2D eigenvalue weighted by Crippen LogP contribution is -2.44. The van der Waals surface area contributed by atoms with Crippen LogP contribution >= 0.6 is 0 Å². The molecule has 2 rings (SSSR count). The van der Waals surface area contributed by atoms with E-state index in [0.717, 1.165) is 19.3 Å². The molecule has 1 N–H and O–H groups in total. The maximum atomic E-state index is 11.6. The molecule has 0 spiro atoms. The van der Waals surface area contributed by atoms with Gasteiger partial charge in [0.2, 0.25) is 0 Å². The molecule has 0 aromatic heterocycles. The van der Waals surface area contributed by atoms with Gasteiger partial charge in [-0.3, -0.25) is 4.79 Å². The number of rotatable bonds is 1. The van der Waals surface area contributed by atoms with E-state index in [-0.39, 0.29) is 11.2 Å². The van der Waals surface area contributed by atoms with Crippen molar-refractivity contribution in [3.05, 3.63) is 11.6 Å². The van der Waals surface area contributed by atoms with Crippen LogP contribution in [0, 0.1) is 17.3 Å². The summed E-state index contributed by atoms with van der Waals surface area (Å²) in [7, 11) is 0. The Morgan fingerprint density at radius 3 is 2.71 bits per heavy atom. The molecule has 1 fully saturated rings. The number of carbonyl (C=O) groups is 1. The Bertz CT molecular complexity index is 362. The lowest BCUT2D eigenvalue weighted by atomic mass is 9.56. The van der Waals surface area contributed by atoms with Crippen LogP contribution in [-0.4, -0.2) is 16.5 Å². The first-order chi connectivity index (χ1) is 7.73. The molecule has 2 aliphatic rings. The van der Waals surface area contributed by atoms with Gasteiger partial charge in [-0.25, -0.2) is 0 Å². The van der Waals surface area contributed by atoms with Crippen LogP contribution in [0.15, 0.2) is 11.6 Å². The molecule has 0 aromatic rings. The molecule has 0 saturated heterocycles. The first kappa shape index (κ1) is 12.8. The fourth-order valence-electron chi connectivity index (χ4n) is 3.50. The minimum Gasteiger partial charge on any atom is -0.390 e. The number of hydrogen-bond acceptors (Lipinski definition) is 2. The highest BCUT2D eigenvalue weighted by Gasteiger charge is 2.46. The second-order valence-electron chi connectivity index (χ2n) is 6.75. The monoisotopic (exact) mass is 236 g/mol. The van der Waals surface area contributed by atoms with Gasteiger partial charge in [0.15, 0.2) is 5.78 Å². The van der Waals surface area contributed by atoms with Gasteiger partial charge in [0.1, 0.15) is 0 Å². The Morgan fingerprint density at radius 2 is 2.12 bits per heavy atom. The van der Waals surface area contributed by atoms with E-state index in [9.17, 15) is 9.90 Å². The third-order valence-electron chi connectivity index (χ3n) is 5.10. The number of fused-ring (bicyclic) bond motifs is 1. The predicted molar refractivity (Wildman–Crippen MR) is 68.6 cm³/mol. The molecule has 2 aliphatic carbocycles. The third kappa shape index (κ3) is 2.20. The molecule has 0 amide bonds. The van der Waals surface area contributed by atoms with E-state index in [0.29, 0.717) is 18.3 Å². The molecular formula is C15H24O2. The summed E-state index contributed by atoms with van der Waals surface area (Å²) in [6, 6.07) is 0. The highest BCUT2D eigenvalue weighted by atomic mass is 16.3. The first-order valence-corrected chi connectivity index (χ1v) is 6.70. The van der Waals surface area contributed by atoms with Gasteiger partial charge in [-0.1, -0.05) is 19.4 Å². The molecule has 17 heavy (non-hydrogen) atoms. The van der Waals surface area contributed by atoms with Gasteiger partial charge in [0, 0.05) is 6.42 Å². The second-order valence-corrected chi connectivity index (χ2v) is 6.75. The fourth-order valence-corrected chi connectivity index (χ4v) is 3.50. The highest BCUT2D eigenvalue weighted by Crippen LogP contribution is 2.53. The maximum absolute atomic E-state index is 11.6. The number of carbonyl (C=O) groups excluding carboxylic acids is 1. The summed E-state index contributed by atoms with van der Waals surface area (Å²) in [4.78, 5) is 11.6. The van der Waals surface area contributed by atoms with Crippen molar-refractivity contribution < 1.29 is 9.90 Å². The van der Waals surface area contributed by atoms with Crippen LogP contribution in [0.4, 0.5) is 0 Å². The summed E-state index contributed by atoms with van der Waals surface area (Å²) < 4.78 is 0. The summed E-state index contributed by atoms with van der Waals surface area (Å²) in [6.07, 6.45) is 5.53. The van der Waals surface area contributed by atoms with Gasteiger partial charge < -0.3 is 5.11 Å². The van der Waals surface area contributed by atoms with Crippen LogP contribution in [0.2, 0.25) is 0 Å². The van der Waals surface area contributed by atoms with E-state index in [4.69, 9.17) is 0 Å². The average Bonchev–Trinajstić information content (AvgIpc) is 2.18. The Labute approximate surface area is 104 Å². The van der Waals surface area contributed by atoms with E-state index in [1.807, 2.05) is 19.9 Å². The van der Waals surface area contributed by atoms with Gasteiger partial charge in [-0.05, 0) is 56.4 Å². The molecule has 0 bridgehead atoms. The molecule has 3 atom stereocenters. The van der Waals surface area contributed by atoms with Crippen molar-refractivity contribution in [1.29, 1.82) is 0 Å². The number of hydrogen-bond donors (Lipinski definition) is 1.